The number of aliphatic carboxylic acids is 2. The fraction of sp³-hybridized carbons (Fsp3) is 0.300. The number of aryl methyl sites for hydroxylation is 2. The molecule has 0 unspecified atom stereocenters. The summed E-state index contributed by atoms with van der Waals surface area (Å²) in [5.74, 6) is -4.76. The van der Waals surface area contributed by atoms with Crippen molar-refractivity contribution in [2.45, 2.75) is 38.0 Å². The molecule has 5 heterocycles. The average Bonchev–Trinajstić information content (AvgIpc) is 3.79. The third kappa shape index (κ3) is 11.7. The van der Waals surface area contributed by atoms with Crippen molar-refractivity contribution in [2.24, 2.45) is 5.92 Å². The Hall–Kier alpha value is -6.06. The SMILES string of the molecule is O=C(C[C@H]1CCN(C(=O)c2nc[nH]n2)C1)Nc1ccc2cc1CCc1cncc(c1)Nc1ncc(Cl)c(n1)N2.O=C(O)C(F)(F)F.O=C(O)C(F)(F)F. The molecular weight excluding hydrogens is 746 g/mol. The highest BCUT2D eigenvalue weighted by atomic mass is 35.5. The van der Waals surface area contributed by atoms with Gasteiger partial charge in [-0.25, -0.2) is 19.6 Å². The summed E-state index contributed by atoms with van der Waals surface area (Å²) in [6.07, 6.45) is -1.26. The first-order valence-corrected chi connectivity index (χ1v) is 15.5. The molecular formula is C30H27ClF6N10O6. The van der Waals surface area contributed by atoms with Crippen molar-refractivity contribution in [3.8, 4) is 0 Å². The number of carbonyl (C=O) groups is 4. The maximum absolute atomic E-state index is 13.1. The number of hydrogen-bond acceptors (Lipinski definition) is 11. The van der Waals surface area contributed by atoms with Crippen molar-refractivity contribution in [3.63, 3.8) is 0 Å². The number of fused-ring (bicyclic) bond motifs is 6. The fourth-order valence-corrected chi connectivity index (χ4v) is 4.99. The number of H-pyrrole nitrogens is 1. The summed E-state index contributed by atoms with van der Waals surface area (Å²) in [6.45, 7) is 1.07. The molecule has 0 spiro atoms. The molecule has 23 heteroatoms. The molecule has 1 aromatic carbocycles. The van der Waals surface area contributed by atoms with E-state index in [-0.39, 0.29) is 23.6 Å². The minimum absolute atomic E-state index is 0.0642. The predicted octanol–water partition coefficient (Wildman–Crippen LogP) is 4.99. The van der Waals surface area contributed by atoms with E-state index in [1.165, 1.54) is 12.5 Å². The summed E-state index contributed by atoms with van der Waals surface area (Å²) in [5.41, 5.74) is 4.29. The molecule has 0 radical (unpaired) electrons. The van der Waals surface area contributed by atoms with Gasteiger partial charge in [-0.3, -0.25) is 19.7 Å². The molecule has 2 aliphatic heterocycles. The zero-order chi connectivity index (χ0) is 38.9. The standard InChI is InChI=1S/C26H25ClN10O2.2C2HF3O2/c27-20-12-29-26-33-19-7-15(10-28-11-19)1-2-17-9-18(32-23(20)35-26)3-4-21(17)34-22(38)8-16-5-6-37(13-16)25(39)24-30-14-31-36-24;2*3-2(4,5)1(6)7/h3-4,7,9-12,14,16H,1-2,5-6,8,13H2,(H,34,38)(H,30,31,36)(H2,29,32,33,35);2*(H,6,7)/t16-;;/m1../s1. The Morgan fingerprint density at radius 2 is 1.62 bits per heavy atom. The van der Waals surface area contributed by atoms with Gasteiger partial charge in [0.05, 0.1) is 18.1 Å². The number of alkyl halides is 6. The zero-order valence-electron chi connectivity index (χ0n) is 26.8. The second kappa shape index (κ2) is 17.0. The number of aromatic nitrogens is 6. The van der Waals surface area contributed by atoms with Crippen LogP contribution in [0, 0.1) is 5.92 Å². The van der Waals surface area contributed by atoms with Crippen LogP contribution < -0.4 is 16.0 Å². The maximum atomic E-state index is 13.1. The van der Waals surface area contributed by atoms with Crippen LogP contribution in [0.2, 0.25) is 5.02 Å². The van der Waals surface area contributed by atoms with E-state index in [4.69, 9.17) is 31.4 Å². The Balaban J connectivity index is 0.000000381. The number of carboxylic acid groups (broad SMARTS) is 2. The summed E-state index contributed by atoms with van der Waals surface area (Å²) in [4.78, 5) is 62.1. The van der Waals surface area contributed by atoms with Crippen LogP contribution in [-0.4, -0.2) is 94.4 Å². The number of nitrogens with zero attached hydrogens (tertiary/aromatic N) is 6. The highest BCUT2D eigenvalue weighted by Gasteiger charge is 2.39. The van der Waals surface area contributed by atoms with Crippen molar-refractivity contribution in [1.29, 1.82) is 0 Å². The quantitative estimate of drug-likeness (QED) is 0.151. The molecule has 282 valence electrons. The van der Waals surface area contributed by atoms with E-state index in [9.17, 15) is 35.9 Å². The van der Waals surface area contributed by atoms with Gasteiger partial charge in [0.25, 0.3) is 5.91 Å². The molecule has 53 heavy (non-hydrogen) atoms. The number of halogens is 7. The Bertz CT molecular complexity index is 1920. The molecule has 6 bridgehead atoms. The van der Waals surface area contributed by atoms with E-state index in [0.29, 0.717) is 42.7 Å². The first-order chi connectivity index (χ1) is 24.9. The summed E-state index contributed by atoms with van der Waals surface area (Å²) < 4.78 is 63.5. The number of anilines is 5. The number of rotatable bonds is 4. The summed E-state index contributed by atoms with van der Waals surface area (Å²) in [6, 6.07) is 7.75. The van der Waals surface area contributed by atoms with Gasteiger partial charge in [-0.15, -0.1) is 5.10 Å². The molecule has 3 aromatic heterocycles. The topological polar surface area (TPSA) is 228 Å². The Labute approximate surface area is 299 Å². The van der Waals surface area contributed by atoms with Gasteiger partial charge in [-0.05, 0) is 60.6 Å². The number of carboxylic acids is 2. The van der Waals surface area contributed by atoms with Gasteiger partial charge in [0.15, 0.2) is 5.82 Å². The zero-order valence-corrected chi connectivity index (χ0v) is 27.6. The highest BCUT2D eigenvalue weighted by Crippen LogP contribution is 2.30. The lowest BCUT2D eigenvalue weighted by molar-refractivity contribution is -0.193. The van der Waals surface area contributed by atoms with E-state index in [2.05, 4.69) is 46.1 Å². The van der Waals surface area contributed by atoms with Gasteiger partial charge in [-0.2, -0.15) is 31.3 Å². The fourth-order valence-electron chi connectivity index (χ4n) is 4.85. The van der Waals surface area contributed by atoms with Crippen molar-refractivity contribution in [2.75, 3.05) is 29.0 Å². The lowest BCUT2D eigenvalue weighted by atomic mass is 10.0. The van der Waals surface area contributed by atoms with Gasteiger partial charge in [0.1, 0.15) is 11.3 Å². The summed E-state index contributed by atoms with van der Waals surface area (Å²) in [7, 11) is 0. The van der Waals surface area contributed by atoms with Crippen LogP contribution in [0.3, 0.4) is 0 Å². The van der Waals surface area contributed by atoms with Crippen LogP contribution >= 0.6 is 11.6 Å². The maximum Gasteiger partial charge on any atom is 0.490 e. The smallest absolute Gasteiger partial charge is 0.475 e. The van der Waals surface area contributed by atoms with E-state index in [1.807, 2.05) is 30.5 Å². The van der Waals surface area contributed by atoms with Crippen molar-refractivity contribution in [3.05, 3.63) is 71.2 Å². The normalized spacial score (nSPS) is 14.9. The van der Waals surface area contributed by atoms with E-state index in [0.717, 1.165) is 41.0 Å². The molecule has 6 rings (SSSR count). The third-order valence-corrected chi connectivity index (χ3v) is 7.54. The first kappa shape index (κ1) is 39.7. The van der Waals surface area contributed by atoms with Gasteiger partial charge < -0.3 is 31.1 Å². The molecule has 6 N–H and O–H groups in total. The number of nitrogens with one attached hydrogen (secondary N) is 4. The molecule has 16 nitrogen and oxygen atoms in total. The van der Waals surface area contributed by atoms with Crippen molar-refractivity contribution < 1.29 is 55.7 Å². The van der Waals surface area contributed by atoms with E-state index < -0.39 is 24.3 Å². The molecule has 1 saturated heterocycles. The first-order valence-electron chi connectivity index (χ1n) is 15.1. The average molecular weight is 773 g/mol. The van der Waals surface area contributed by atoms with Crippen LogP contribution in [-0.2, 0) is 27.2 Å². The number of hydrogen-bond donors (Lipinski definition) is 6. The van der Waals surface area contributed by atoms with Gasteiger partial charge in [0.2, 0.25) is 17.7 Å². The molecule has 2 aliphatic rings. The van der Waals surface area contributed by atoms with Crippen molar-refractivity contribution in [1.82, 2.24) is 35.0 Å². The lowest BCUT2D eigenvalue weighted by Gasteiger charge is -2.16. The van der Waals surface area contributed by atoms with Gasteiger partial charge >= 0.3 is 24.3 Å². The monoisotopic (exact) mass is 772 g/mol. The minimum atomic E-state index is -5.08. The molecule has 1 fully saturated rings. The highest BCUT2D eigenvalue weighted by molar-refractivity contribution is 6.32. The molecule has 4 aromatic rings. The largest absolute Gasteiger partial charge is 0.490 e. The van der Waals surface area contributed by atoms with E-state index in [1.54, 1.807) is 11.1 Å². The number of likely N-dealkylation sites (tertiary alicyclic amines) is 1. The van der Waals surface area contributed by atoms with Gasteiger partial charge in [0, 0.05) is 37.1 Å². The summed E-state index contributed by atoms with van der Waals surface area (Å²) in [5, 5.41) is 30.6. The van der Waals surface area contributed by atoms with Crippen LogP contribution in [0.5, 0.6) is 0 Å². The Morgan fingerprint density at radius 3 is 2.26 bits per heavy atom. The van der Waals surface area contributed by atoms with Crippen LogP contribution in [0.1, 0.15) is 34.6 Å². The lowest BCUT2D eigenvalue weighted by Crippen LogP contribution is -2.30. The van der Waals surface area contributed by atoms with Crippen LogP contribution in [0.15, 0.2) is 49.2 Å². The predicted molar refractivity (Wildman–Crippen MR) is 173 cm³/mol. The second-order valence-electron chi connectivity index (χ2n) is 11.2. The Kier molecular flexibility index (Phi) is 12.7. The minimum Gasteiger partial charge on any atom is -0.475 e. The molecule has 2 amide bonds. The number of aromatic amines is 1. The number of benzene rings is 1. The second-order valence-corrected chi connectivity index (χ2v) is 11.6. The van der Waals surface area contributed by atoms with Crippen LogP contribution in [0.25, 0.3) is 0 Å². The Morgan fingerprint density at radius 1 is 0.925 bits per heavy atom. The molecule has 1 atom stereocenters. The van der Waals surface area contributed by atoms with Crippen molar-refractivity contribution >= 4 is 64.2 Å². The third-order valence-electron chi connectivity index (χ3n) is 7.26. The van der Waals surface area contributed by atoms with Gasteiger partial charge in [-0.1, -0.05) is 11.6 Å². The number of pyridine rings is 1. The molecule has 0 aliphatic carbocycles. The molecule has 0 saturated carbocycles. The van der Waals surface area contributed by atoms with E-state index >= 15 is 0 Å². The number of carbonyl (C=O) groups excluding carboxylic acids is 2. The summed E-state index contributed by atoms with van der Waals surface area (Å²) >= 11 is 6.36. The van der Waals surface area contributed by atoms with Crippen LogP contribution in [0.4, 0.5) is 55.2 Å². The number of amides is 2.